The molecule has 1 aromatic rings. The van der Waals surface area contributed by atoms with Crippen LogP contribution in [0.5, 0.6) is 0 Å². The molecule has 0 saturated carbocycles. The van der Waals surface area contributed by atoms with Gasteiger partial charge in [-0.15, -0.1) is 0 Å². The Morgan fingerprint density at radius 3 is 2.88 bits per heavy atom. The topological polar surface area (TPSA) is 52.9 Å². The van der Waals surface area contributed by atoms with Crippen LogP contribution in [0.3, 0.4) is 0 Å². The molecule has 1 aromatic carbocycles. The minimum atomic E-state index is -0.402. The van der Waals surface area contributed by atoms with Crippen molar-refractivity contribution in [2.24, 2.45) is 0 Å². The molecule has 0 saturated heterocycles. The van der Waals surface area contributed by atoms with Crippen LogP contribution >= 0.6 is 0 Å². The Balaban J connectivity index is 2.74. The van der Waals surface area contributed by atoms with E-state index >= 15 is 0 Å². The predicted molar refractivity (Wildman–Crippen MR) is 58.3 cm³/mol. The van der Waals surface area contributed by atoms with Crippen LogP contribution in [0.1, 0.15) is 29.3 Å². The first-order valence-corrected chi connectivity index (χ1v) is 4.98. The van der Waals surface area contributed by atoms with Gasteiger partial charge in [0.2, 0.25) is 0 Å². The second kappa shape index (κ2) is 5.26. The first-order chi connectivity index (χ1) is 7.54. The van der Waals surface area contributed by atoms with Gasteiger partial charge in [0.05, 0.1) is 12.5 Å². The Morgan fingerprint density at radius 2 is 2.31 bits per heavy atom. The molecule has 0 spiro atoms. The lowest BCUT2D eigenvalue weighted by Gasteiger charge is -2.10. The summed E-state index contributed by atoms with van der Waals surface area (Å²) in [6, 6.07) is 6.04. The molecule has 0 heterocycles. The number of rotatable bonds is 3. The van der Waals surface area contributed by atoms with Crippen molar-refractivity contribution in [2.75, 3.05) is 0 Å². The van der Waals surface area contributed by atoms with Crippen LogP contribution in [0.15, 0.2) is 18.2 Å². The molecule has 0 bridgehead atoms. The van der Waals surface area contributed by atoms with E-state index in [9.17, 15) is 9.18 Å². The molecule has 0 fully saturated rings. The van der Waals surface area contributed by atoms with E-state index in [0.29, 0.717) is 5.56 Å². The molecule has 1 atom stereocenters. The SMILES string of the molecule is Cc1ccc(C(=O)NC(C)CC#N)cc1F. The maximum Gasteiger partial charge on any atom is 0.251 e. The summed E-state index contributed by atoms with van der Waals surface area (Å²) in [6.45, 7) is 3.36. The molecule has 0 aliphatic rings. The molecule has 16 heavy (non-hydrogen) atoms. The van der Waals surface area contributed by atoms with Crippen LogP contribution in [0.2, 0.25) is 0 Å². The minimum Gasteiger partial charge on any atom is -0.349 e. The number of nitrogens with one attached hydrogen (secondary N) is 1. The smallest absolute Gasteiger partial charge is 0.251 e. The summed E-state index contributed by atoms with van der Waals surface area (Å²) in [5.74, 6) is -0.762. The van der Waals surface area contributed by atoms with E-state index in [2.05, 4.69) is 5.32 Å². The third-order valence-electron chi connectivity index (χ3n) is 2.21. The summed E-state index contributed by atoms with van der Waals surface area (Å²) in [7, 11) is 0. The molecule has 4 heteroatoms. The van der Waals surface area contributed by atoms with E-state index in [-0.39, 0.29) is 23.9 Å². The number of carbonyl (C=O) groups excluding carboxylic acids is 1. The van der Waals surface area contributed by atoms with Crippen molar-refractivity contribution < 1.29 is 9.18 Å². The van der Waals surface area contributed by atoms with Crippen LogP contribution < -0.4 is 5.32 Å². The molecule has 1 unspecified atom stereocenters. The first-order valence-electron chi connectivity index (χ1n) is 4.98. The number of benzene rings is 1. The molecule has 3 nitrogen and oxygen atoms in total. The highest BCUT2D eigenvalue weighted by atomic mass is 19.1. The van der Waals surface area contributed by atoms with Crippen molar-refractivity contribution in [2.45, 2.75) is 26.3 Å². The number of carbonyl (C=O) groups is 1. The molecule has 0 radical (unpaired) electrons. The monoisotopic (exact) mass is 220 g/mol. The van der Waals surface area contributed by atoms with Gasteiger partial charge in [-0.1, -0.05) is 6.07 Å². The van der Waals surface area contributed by atoms with E-state index in [1.807, 2.05) is 6.07 Å². The molecule has 1 N–H and O–H groups in total. The fourth-order valence-electron chi connectivity index (χ4n) is 1.23. The molecule has 0 aliphatic heterocycles. The van der Waals surface area contributed by atoms with Gasteiger partial charge in [0, 0.05) is 11.6 Å². The summed E-state index contributed by atoms with van der Waals surface area (Å²) in [5, 5.41) is 11.1. The van der Waals surface area contributed by atoms with E-state index in [1.165, 1.54) is 6.07 Å². The normalized spacial score (nSPS) is 11.6. The number of nitrogens with zero attached hydrogens (tertiary/aromatic N) is 1. The van der Waals surface area contributed by atoms with Crippen molar-refractivity contribution in [1.29, 1.82) is 5.26 Å². The zero-order valence-electron chi connectivity index (χ0n) is 9.25. The molecule has 0 aliphatic carbocycles. The van der Waals surface area contributed by atoms with E-state index in [1.54, 1.807) is 26.0 Å². The summed E-state index contributed by atoms with van der Waals surface area (Å²) in [5.41, 5.74) is 0.773. The number of amides is 1. The molecule has 1 amide bonds. The maximum atomic E-state index is 13.2. The van der Waals surface area contributed by atoms with E-state index in [0.717, 1.165) is 0 Å². The second-order valence-corrected chi connectivity index (χ2v) is 3.70. The zero-order chi connectivity index (χ0) is 12.1. The van der Waals surface area contributed by atoms with Gasteiger partial charge in [0.25, 0.3) is 5.91 Å². The van der Waals surface area contributed by atoms with Crippen LogP contribution in [-0.4, -0.2) is 11.9 Å². The Bertz CT molecular complexity index is 437. The molecule has 1 rings (SSSR count). The molecular formula is C12H13FN2O. The number of aryl methyl sites for hydroxylation is 1. The highest BCUT2D eigenvalue weighted by molar-refractivity contribution is 5.94. The van der Waals surface area contributed by atoms with Gasteiger partial charge in [0.1, 0.15) is 5.82 Å². The Hall–Kier alpha value is -1.89. The molecular weight excluding hydrogens is 207 g/mol. The molecule has 0 aromatic heterocycles. The average Bonchev–Trinajstić information content (AvgIpc) is 2.22. The number of hydrogen-bond acceptors (Lipinski definition) is 2. The zero-order valence-corrected chi connectivity index (χ0v) is 9.25. The van der Waals surface area contributed by atoms with Crippen molar-refractivity contribution in [1.82, 2.24) is 5.32 Å². The van der Waals surface area contributed by atoms with Gasteiger partial charge >= 0.3 is 0 Å². The standard InChI is InChI=1S/C12H13FN2O/c1-8-3-4-10(7-11(8)13)12(16)15-9(2)5-6-14/h3-4,7,9H,5H2,1-2H3,(H,15,16). The number of hydrogen-bond donors (Lipinski definition) is 1. The summed E-state index contributed by atoms with van der Waals surface area (Å²) in [6.07, 6.45) is 0.236. The van der Waals surface area contributed by atoms with Crippen LogP contribution in [-0.2, 0) is 0 Å². The molecule has 84 valence electrons. The van der Waals surface area contributed by atoms with Gasteiger partial charge in [-0.25, -0.2) is 4.39 Å². The Labute approximate surface area is 93.9 Å². The Kier molecular flexibility index (Phi) is 4.01. The van der Waals surface area contributed by atoms with E-state index < -0.39 is 5.82 Å². The van der Waals surface area contributed by atoms with Gasteiger partial charge in [-0.3, -0.25) is 4.79 Å². The first kappa shape index (κ1) is 12.2. The van der Waals surface area contributed by atoms with Crippen molar-refractivity contribution in [3.8, 4) is 6.07 Å². The summed E-state index contributed by atoms with van der Waals surface area (Å²) < 4.78 is 13.2. The lowest BCUT2D eigenvalue weighted by molar-refractivity contribution is 0.0940. The van der Waals surface area contributed by atoms with Crippen LogP contribution in [0.25, 0.3) is 0 Å². The largest absolute Gasteiger partial charge is 0.349 e. The maximum absolute atomic E-state index is 13.2. The Morgan fingerprint density at radius 1 is 1.62 bits per heavy atom. The van der Waals surface area contributed by atoms with Gasteiger partial charge in [-0.2, -0.15) is 5.26 Å². The van der Waals surface area contributed by atoms with Gasteiger partial charge in [-0.05, 0) is 31.5 Å². The van der Waals surface area contributed by atoms with Crippen molar-refractivity contribution in [3.05, 3.63) is 35.1 Å². The third kappa shape index (κ3) is 3.06. The van der Waals surface area contributed by atoms with Crippen LogP contribution in [0, 0.1) is 24.1 Å². The number of nitriles is 1. The lowest BCUT2D eigenvalue weighted by atomic mass is 10.1. The lowest BCUT2D eigenvalue weighted by Crippen LogP contribution is -2.32. The fourth-order valence-corrected chi connectivity index (χ4v) is 1.23. The van der Waals surface area contributed by atoms with Gasteiger partial charge in [0.15, 0.2) is 0 Å². The fraction of sp³-hybridized carbons (Fsp3) is 0.333. The highest BCUT2D eigenvalue weighted by Crippen LogP contribution is 2.09. The van der Waals surface area contributed by atoms with Gasteiger partial charge < -0.3 is 5.32 Å². The third-order valence-corrected chi connectivity index (χ3v) is 2.21. The second-order valence-electron chi connectivity index (χ2n) is 3.70. The summed E-state index contributed by atoms with van der Waals surface area (Å²) >= 11 is 0. The van der Waals surface area contributed by atoms with E-state index in [4.69, 9.17) is 5.26 Å². The minimum absolute atomic E-state index is 0.234. The van der Waals surface area contributed by atoms with Crippen molar-refractivity contribution in [3.63, 3.8) is 0 Å². The highest BCUT2D eigenvalue weighted by Gasteiger charge is 2.10. The quantitative estimate of drug-likeness (QED) is 0.848. The number of halogens is 1. The summed E-state index contributed by atoms with van der Waals surface area (Å²) in [4.78, 5) is 11.6. The predicted octanol–water partition coefficient (Wildman–Crippen LogP) is 2.17. The van der Waals surface area contributed by atoms with Crippen molar-refractivity contribution >= 4 is 5.91 Å². The van der Waals surface area contributed by atoms with Crippen LogP contribution in [0.4, 0.5) is 4.39 Å². The average molecular weight is 220 g/mol.